The van der Waals surface area contributed by atoms with Gasteiger partial charge >= 0.3 is 0 Å². The lowest BCUT2D eigenvalue weighted by atomic mass is 9.98. The molecule has 0 spiro atoms. The summed E-state index contributed by atoms with van der Waals surface area (Å²) in [5, 5.41) is 19.7. The average Bonchev–Trinajstić information content (AvgIpc) is 3.54. The number of nitrogens with zero attached hydrogens (tertiary/aromatic N) is 5. The van der Waals surface area contributed by atoms with Gasteiger partial charge in [-0.2, -0.15) is 5.10 Å². The van der Waals surface area contributed by atoms with E-state index in [0.29, 0.717) is 55.6 Å². The number of β-amino-alcohol motifs (C(OH)–C–C–N with tert-alkyl or cyclic N) is 1. The number of nitrogens with one attached hydrogen (secondary N) is 2. The predicted molar refractivity (Wildman–Crippen MR) is 184 cm³/mol. The average molecular weight is 774 g/mol. The molecule has 15 heteroatoms. The lowest BCUT2D eigenvalue weighted by Crippen LogP contribution is -2.53. The number of carbonyl (C=O) groups is 1. The molecule has 1 amide bonds. The smallest absolute Gasteiger partial charge is 0.256 e. The quantitative estimate of drug-likeness (QED) is 0.151. The van der Waals surface area contributed by atoms with E-state index in [4.69, 9.17) is 26.4 Å². The lowest BCUT2D eigenvalue weighted by molar-refractivity contribution is 0.0607. The number of aliphatic hydroxyl groups excluding tert-OH is 1. The molecule has 2 aliphatic heterocycles. The maximum absolute atomic E-state index is 13.9. The summed E-state index contributed by atoms with van der Waals surface area (Å²) in [7, 11) is -3.61. The molecule has 1 aromatic carbocycles. The molecule has 5 rings (SSSR count). The minimum atomic E-state index is -3.61. The van der Waals surface area contributed by atoms with Crippen LogP contribution >= 0.6 is 34.2 Å². The molecule has 2 fully saturated rings. The number of benzene rings is 1. The first-order chi connectivity index (χ1) is 21.2. The van der Waals surface area contributed by atoms with Gasteiger partial charge in [-0.25, -0.2) is 17.9 Å². The Morgan fingerprint density at radius 3 is 2.76 bits per heavy atom. The third-order valence-corrected chi connectivity index (χ3v) is 9.35. The number of rotatable bonds is 11. The number of alkyl halides is 1. The van der Waals surface area contributed by atoms with Crippen LogP contribution in [-0.2, 0) is 14.8 Å². The summed E-state index contributed by atoms with van der Waals surface area (Å²) in [5.41, 5.74) is 2.35. The molecule has 2 aliphatic rings. The second-order valence-corrected chi connectivity index (χ2v) is 15.8. The van der Waals surface area contributed by atoms with E-state index in [1.807, 2.05) is 19.2 Å². The number of amides is 1. The first-order valence-electron chi connectivity index (χ1n) is 15.0. The third-order valence-electron chi connectivity index (χ3n) is 8.09. The van der Waals surface area contributed by atoms with Crippen molar-refractivity contribution in [1.82, 2.24) is 24.8 Å². The van der Waals surface area contributed by atoms with Gasteiger partial charge < -0.3 is 25.0 Å². The van der Waals surface area contributed by atoms with E-state index in [0.717, 1.165) is 34.9 Å². The number of aromatic nitrogens is 3. The molecule has 0 saturated carbocycles. The number of aliphatic hydroxyl groups is 1. The maximum atomic E-state index is 13.9. The number of carbonyl (C=O) groups excluding carboxylic acids is 1. The lowest BCUT2D eigenvalue weighted by Gasteiger charge is -2.35. The number of aryl methyl sites for hydroxylation is 1. The topological polar surface area (TPSA) is 141 Å². The summed E-state index contributed by atoms with van der Waals surface area (Å²) in [6.07, 6.45) is 4.85. The summed E-state index contributed by atoms with van der Waals surface area (Å²) in [6.45, 7) is 8.91. The molecule has 3 atom stereocenters. The van der Waals surface area contributed by atoms with Crippen molar-refractivity contribution in [1.29, 1.82) is 0 Å². The standard InChI is InChI=1S/C30H41ClIN7O5S/c1-19-15-39-27(33-28(19)37-16-24(26(40)17-37)34-30(2,3)18-44-12-10-32)14-23(35-39)25-7-5-6-11-38(25)29(41)21-13-20(31)8-9-22(21)36-45(4,42)43/h8-9,13-15,24-26,34,36,40H,5-7,10-12,16-18H2,1-4H3. The fourth-order valence-electron chi connectivity index (χ4n) is 6.15. The van der Waals surface area contributed by atoms with Crippen molar-refractivity contribution in [3.05, 3.63) is 52.3 Å². The van der Waals surface area contributed by atoms with E-state index in [1.54, 1.807) is 15.5 Å². The highest BCUT2D eigenvalue weighted by atomic mass is 127. The molecule has 0 radical (unpaired) electrons. The van der Waals surface area contributed by atoms with Gasteiger partial charge in [-0.1, -0.05) is 34.2 Å². The fourth-order valence-corrected chi connectivity index (χ4v) is 7.21. The van der Waals surface area contributed by atoms with Crippen LogP contribution in [-0.4, -0.2) is 100 Å². The van der Waals surface area contributed by atoms with Crippen molar-refractivity contribution in [2.24, 2.45) is 0 Å². The highest BCUT2D eigenvalue weighted by Gasteiger charge is 2.37. The van der Waals surface area contributed by atoms with Crippen molar-refractivity contribution in [2.75, 3.05) is 53.2 Å². The summed E-state index contributed by atoms with van der Waals surface area (Å²) in [5.74, 6) is 0.464. The summed E-state index contributed by atoms with van der Waals surface area (Å²) in [4.78, 5) is 22.7. The molecule has 2 aromatic heterocycles. The van der Waals surface area contributed by atoms with Crippen molar-refractivity contribution in [3.8, 4) is 0 Å². The summed E-state index contributed by atoms with van der Waals surface area (Å²) in [6, 6.07) is 5.99. The van der Waals surface area contributed by atoms with Gasteiger partial charge in [0, 0.05) is 52.5 Å². The summed E-state index contributed by atoms with van der Waals surface area (Å²) < 4.78 is 34.9. The van der Waals surface area contributed by atoms with Crippen LogP contribution in [0.4, 0.5) is 11.5 Å². The van der Waals surface area contributed by atoms with Crippen molar-refractivity contribution in [3.63, 3.8) is 0 Å². The van der Waals surface area contributed by atoms with Gasteiger partial charge in [-0.05, 0) is 58.2 Å². The number of piperidine rings is 1. The number of hydrogen-bond acceptors (Lipinski definition) is 9. The fraction of sp³-hybridized carbons (Fsp3) is 0.567. The molecule has 0 aliphatic carbocycles. The molecule has 12 nitrogen and oxygen atoms in total. The Bertz CT molecular complexity index is 1650. The molecule has 0 bridgehead atoms. The van der Waals surface area contributed by atoms with E-state index >= 15 is 0 Å². The molecule has 2 saturated heterocycles. The molecule has 246 valence electrons. The first-order valence-corrected chi connectivity index (χ1v) is 18.8. The normalized spacial score (nSPS) is 21.1. The zero-order valence-corrected chi connectivity index (χ0v) is 29.7. The molecule has 3 N–H and O–H groups in total. The second kappa shape index (κ2) is 13.9. The van der Waals surface area contributed by atoms with Gasteiger partial charge in [0.1, 0.15) is 5.82 Å². The Morgan fingerprint density at radius 2 is 2.02 bits per heavy atom. The van der Waals surface area contributed by atoms with E-state index < -0.39 is 16.1 Å². The Kier molecular flexibility index (Phi) is 10.5. The van der Waals surface area contributed by atoms with Gasteiger partial charge in [0.25, 0.3) is 5.91 Å². The Balaban J connectivity index is 1.38. The Hall–Kier alpha value is -2.24. The number of anilines is 2. The van der Waals surface area contributed by atoms with Gasteiger partial charge in [-0.3, -0.25) is 9.52 Å². The predicted octanol–water partition coefficient (Wildman–Crippen LogP) is 3.80. The Labute approximate surface area is 283 Å². The molecule has 4 heterocycles. The zero-order chi connectivity index (χ0) is 32.5. The van der Waals surface area contributed by atoms with Crippen molar-refractivity contribution >= 4 is 67.3 Å². The molecule has 45 heavy (non-hydrogen) atoms. The van der Waals surface area contributed by atoms with Crippen LogP contribution in [0.5, 0.6) is 0 Å². The molecule has 3 aromatic rings. The van der Waals surface area contributed by atoms with Crippen molar-refractivity contribution in [2.45, 2.75) is 63.8 Å². The Morgan fingerprint density at radius 1 is 1.24 bits per heavy atom. The number of likely N-dealkylation sites (tertiary alicyclic amines) is 1. The number of hydrogen-bond donors (Lipinski definition) is 3. The van der Waals surface area contributed by atoms with E-state index in [-0.39, 0.29) is 34.8 Å². The van der Waals surface area contributed by atoms with Crippen LogP contribution in [0.25, 0.3) is 5.65 Å². The molecular formula is C30H41ClIN7O5S. The largest absolute Gasteiger partial charge is 0.390 e. The minimum Gasteiger partial charge on any atom is -0.390 e. The number of fused-ring (bicyclic) bond motifs is 1. The highest BCUT2D eigenvalue weighted by molar-refractivity contribution is 14.1. The van der Waals surface area contributed by atoms with Gasteiger partial charge in [0.2, 0.25) is 10.0 Å². The monoisotopic (exact) mass is 773 g/mol. The van der Waals surface area contributed by atoms with Crippen LogP contribution < -0.4 is 14.9 Å². The van der Waals surface area contributed by atoms with Crippen LogP contribution in [0.1, 0.15) is 60.8 Å². The van der Waals surface area contributed by atoms with E-state index in [1.165, 1.54) is 12.1 Å². The first kappa shape index (κ1) is 34.1. The number of halogens is 2. The number of ether oxygens (including phenoxy) is 1. The maximum Gasteiger partial charge on any atom is 0.256 e. The van der Waals surface area contributed by atoms with Gasteiger partial charge in [0.15, 0.2) is 5.65 Å². The highest BCUT2D eigenvalue weighted by Crippen LogP contribution is 2.34. The van der Waals surface area contributed by atoms with Gasteiger partial charge in [-0.15, -0.1) is 0 Å². The van der Waals surface area contributed by atoms with E-state index in [2.05, 4.69) is 51.4 Å². The third kappa shape index (κ3) is 8.19. The van der Waals surface area contributed by atoms with Crippen molar-refractivity contribution < 1.29 is 23.1 Å². The number of sulfonamides is 1. The zero-order valence-electron chi connectivity index (χ0n) is 26.0. The SMILES string of the molecule is Cc1cn2nc(C3CCCCN3C(=O)c3cc(Cl)ccc3NS(C)(=O)=O)cc2nc1N1CC(O)C(NC(C)(C)COCCI)C1. The molecular weight excluding hydrogens is 733 g/mol. The van der Waals surface area contributed by atoms with Crippen LogP contribution in [0.2, 0.25) is 5.02 Å². The van der Waals surface area contributed by atoms with E-state index in [9.17, 15) is 18.3 Å². The van der Waals surface area contributed by atoms with Crippen LogP contribution in [0.3, 0.4) is 0 Å². The molecule has 3 unspecified atom stereocenters. The van der Waals surface area contributed by atoms with Crippen LogP contribution in [0.15, 0.2) is 30.5 Å². The minimum absolute atomic E-state index is 0.142. The van der Waals surface area contributed by atoms with Gasteiger partial charge in [0.05, 0.1) is 54.6 Å². The summed E-state index contributed by atoms with van der Waals surface area (Å²) >= 11 is 8.52. The second-order valence-electron chi connectivity index (χ2n) is 12.5. The van der Waals surface area contributed by atoms with Crippen LogP contribution in [0, 0.1) is 6.92 Å².